The topological polar surface area (TPSA) is 64.6 Å². The Bertz CT molecular complexity index is 721. The summed E-state index contributed by atoms with van der Waals surface area (Å²) in [5, 5.41) is 2.74. The highest BCUT2D eigenvalue weighted by atomic mass is 16.5. The summed E-state index contributed by atoms with van der Waals surface area (Å²) < 4.78 is 10.9. The first-order valence-electron chi connectivity index (χ1n) is 8.99. The molecule has 0 atom stereocenters. The summed E-state index contributed by atoms with van der Waals surface area (Å²) in [6.07, 6.45) is 5.38. The minimum absolute atomic E-state index is 0.0331. The number of nitrogens with one attached hydrogen (secondary N) is 1. The second-order valence-corrected chi connectivity index (χ2v) is 6.39. The van der Waals surface area contributed by atoms with Crippen molar-refractivity contribution in [1.82, 2.24) is 0 Å². The number of ether oxygens (including phenoxy) is 2. The third kappa shape index (κ3) is 5.34. The smallest absolute Gasteiger partial charge is 0.338 e. The predicted octanol–water partition coefficient (Wildman–Crippen LogP) is 4.19. The van der Waals surface area contributed by atoms with Crippen LogP contribution in [-0.2, 0) is 9.53 Å². The fourth-order valence-corrected chi connectivity index (χ4v) is 2.95. The molecule has 136 valence electrons. The average molecular weight is 353 g/mol. The molecule has 1 aliphatic carbocycles. The SMILES string of the molecule is O=C(COc1ccccc1)Nc1ccc(C(=O)OC2CCCCC2)cc1. The van der Waals surface area contributed by atoms with Gasteiger partial charge in [-0.1, -0.05) is 24.6 Å². The van der Waals surface area contributed by atoms with E-state index >= 15 is 0 Å². The van der Waals surface area contributed by atoms with Gasteiger partial charge in [0.05, 0.1) is 5.56 Å². The second-order valence-electron chi connectivity index (χ2n) is 6.39. The number of benzene rings is 2. The Labute approximate surface area is 153 Å². The van der Waals surface area contributed by atoms with E-state index in [1.807, 2.05) is 18.2 Å². The summed E-state index contributed by atoms with van der Waals surface area (Å²) in [7, 11) is 0. The Morgan fingerprint density at radius 1 is 0.923 bits per heavy atom. The number of hydrogen-bond donors (Lipinski definition) is 1. The monoisotopic (exact) mass is 353 g/mol. The van der Waals surface area contributed by atoms with E-state index in [2.05, 4.69) is 5.32 Å². The molecule has 5 nitrogen and oxygen atoms in total. The molecule has 1 amide bonds. The van der Waals surface area contributed by atoms with Gasteiger partial charge in [0.1, 0.15) is 11.9 Å². The van der Waals surface area contributed by atoms with Crippen molar-refractivity contribution in [3.63, 3.8) is 0 Å². The molecule has 5 heteroatoms. The van der Waals surface area contributed by atoms with Crippen molar-refractivity contribution in [1.29, 1.82) is 0 Å². The van der Waals surface area contributed by atoms with Gasteiger partial charge in [0.2, 0.25) is 0 Å². The summed E-state index contributed by atoms with van der Waals surface area (Å²) in [5.74, 6) is 0.0806. The molecule has 0 bridgehead atoms. The standard InChI is InChI=1S/C21H23NO4/c23-20(15-25-18-7-3-1-4-8-18)22-17-13-11-16(12-14-17)21(24)26-19-9-5-2-6-10-19/h1,3-4,7-8,11-14,19H,2,5-6,9-10,15H2,(H,22,23). The molecule has 0 aromatic heterocycles. The van der Waals surface area contributed by atoms with Gasteiger partial charge in [0, 0.05) is 5.69 Å². The average Bonchev–Trinajstić information content (AvgIpc) is 2.68. The van der Waals surface area contributed by atoms with E-state index in [1.165, 1.54) is 6.42 Å². The molecular weight excluding hydrogens is 330 g/mol. The number of hydrogen-bond acceptors (Lipinski definition) is 4. The van der Waals surface area contributed by atoms with Crippen molar-refractivity contribution >= 4 is 17.6 Å². The van der Waals surface area contributed by atoms with Crippen LogP contribution < -0.4 is 10.1 Å². The third-order valence-electron chi connectivity index (χ3n) is 4.34. The molecule has 26 heavy (non-hydrogen) atoms. The molecule has 0 saturated heterocycles. The van der Waals surface area contributed by atoms with E-state index in [-0.39, 0.29) is 24.6 Å². The van der Waals surface area contributed by atoms with E-state index in [9.17, 15) is 9.59 Å². The summed E-state index contributed by atoms with van der Waals surface area (Å²) >= 11 is 0. The van der Waals surface area contributed by atoms with Crippen molar-refractivity contribution in [3.8, 4) is 5.75 Å². The maximum Gasteiger partial charge on any atom is 0.338 e. The van der Waals surface area contributed by atoms with Crippen LogP contribution in [0.3, 0.4) is 0 Å². The summed E-state index contributed by atoms with van der Waals surface area (Å²) in [5.41, 5.74) is 1.11. The van der Waals surface area contributed by atoms with E-state index in [4.69, 9.17) is 9.47 Å². The zero-order valence-electron chi connectivity index (χ0n) is 14.6. The first kappa shape index (κ1) is 18.0. The largest absolute Gasteiger partial charge is 0.484 e. The second kappa shape index (κ2) is 9.04. The van der Waals surface area contributed by atoms with Crippen LogP contribution in [0.2, 0.25) is 0 Å². The Kier molecular flexibility index (Phi) is 6.25. The van der Waals surface area contributed by atoms with Gasteiger partial charge in [-0.2, -0.15) is 0 Å². The van der Waals surface area contributed by atoms with Crippen molar-refractivity contribution in [2.45, 2.75) is 38.2 Å². The molecule has 0 radical (unpaired) electrons. The molecule has 0 heterocycles. The molecule has 0 unspecified atom stereocenters. The number of esters is 1. The number of rotatable bonds is 6. The Hall–Kier alpha value is -2.82. The Morgan fingerprint density at radius 2 is 1.62 bits per heavy atom. The van der Waals surface area contributed by atoms with Gasteiger partial charge in [0.15, 0.2) is 6.61 Å². The van der Waals surface area contributed by atoms with Crippen LogP contribution in [0.25, 0.3) is 0 Å². The normalized spacial score (nSPS) is 14.5. The van der Waals surface area contributed by atoms with Crippen LogP contribution >= 0.6 is 0 Å². The maximum atomic E-state index is 12.2. The van der Waals surface area contributed by atoms with Crippen LogP contribution in [0.4, 0.5) is 5.69 Å². The minimum atomic E-state index is -0.304. The minimum Gasteiger partial charge on any atom is -0.484 e. The molecule has 3 rings (SSSR count). The van der Waals surface area contributed by atoms with Crippen LogP contribution in [0.15, 0.2) is 54.6 Å². The van der Waals surface area contributed by atoms with Crippen LogP contribution in [0.1, 0.15) is 42.5 Å². The molecule has 2 aromatic rings. The highest BCUT2D eigenvalue weighted by Crippen LogP contribution is 2.21. The van der Waals surface area contributed by atoms with E-state index in [0.29, 0.717) is 17.0 Å². The van der Waals surface area contributed by atoms with E-state index < -0.39 is 0 Å². The molecule has 1 saturated carbocycles. The molecule has 1 N–H and O–H groups in total. The number of carbonyl (C=O) groups excluding carboxylic acids is 2. The lowest BCUT2D eigenvalue weighted by atomic mass is 9.98. The van der Waals surface area contributed by atoms with Gasteiger partial charge < -0.3 is 14.8 Å². The number of carbonyl (C=O) groups is 2. The van der Waals surface area contributed by atoms with E-state index in [1.54, 1.807) is 36.4 Å². The zero-order chi connectivity index (χ0) is 18.2. The predicted molar refractivity (Wildman–Crippen MR) is 99.3 cm³/mol. The van der Waals surface area contributed by atoms with Gasteiger partial charge in [-0.25, -0.2) is 4.79 Å². The van der Waals surface area contributed by atoms with Gasteiger partial charge in [-0.3, -0.25) is 4.79 Å². The molecule has 1 fully saturated rings. The summed E-state index contributed by atoms with van der Waals surface area (Å²) in [6, 6.07) is 15.9. The molecule has 2 aromatic carbocycles. The summed E-state index contributed by atoms with van der Waals surface area (Å²) in [6.45, 7) is -0.0739. The molecule has 1 aliphatic rings. The van der Waals surface area contributed by atoms with Gasteiger partial charge in [-0.05, 0) is 62.1 Å². The molecule has 0 spiro atoms. The highest BCUT2D eigenvalue weighted by molar-refractivity contribution is 5.93. The first-order valence-corrected chi connectivity index (χ1v) is 8.99. The summed E-state index contributed by atoms with van der Waals surface area (Å²) in [4.78, 5) is 24.1. The number of amides is 1. The van der Waals surface area contributed by atoms with Crippen molar-refractivity contribution < 1.29 is 19.1 Å². The number of anilines is 1. The van der Waals surface area contributed by atoms with Crippen molar-refractivity contribution in [2.75, 3.05) is 11.9 Å². The van der Waals surface area contributed by atoms with Crippen molar-refractivity contribution in [3.05, 3.63) is 60.2 Å². The maximum absolute atomic E-state index is 12.2. The van der Waals surface area contributed by atoms with Crippen molar-refractivity contribution in [2.24, 2.45) is 0 Å². The lowest BCUT2D eigenvalue weighted by molar-refractivity contribution is -0.118. The first-order chi connectivity index (χ1) is 12.7. The highest BCUT2D eigenvalue weighted by Gasteiger charge is 2.18. The van der Waals surface area contributed by atoms with Gasteiger partial charge >= 0.3 is 5.97 Å². The lowest BCUT2D eigenvalue weighted by Crippen LogP contribution is -2.21. The van der Waals surface area contributed by atoms with Crippen LogP contribution in [0, 0.1) is 0 Å². The zero-order valence-corrected chi connectivity index (χ0v) is 14.6. The lowest BCUT2D eigenvalue weighted by Gasteiger charge is -2.21. The van der Waals surface area contributed by atoms with E-state index in [0.717, 1.165) is 25.7 Å². The molecular formula is C21H23NO4. The van der Waals surface area contributed by atoms with Gasteiger partial charge in [-0.15, -0.1) is 0 Å². The number of para-hydroxylation sites is 1. The Balaban J connectivity index is 1.47. The fraction of sp³-hybridized carbons (Fsp3) is 0.333. The quantitative estimate of drug-likeness (QED) is 0.791. The van der Waals surface area contributed by atoms with Gasteiger partial charge in [0.25, 0.3) is 5.91 Å². The van der Waals surface area contributed by atoms with Crippen LogP contribution in [-0.4, -0.2) is 24.6 Å². The fourth-order valence-electron chi connectivity index (χ4n) is 2.95. The van der Waals surface area contributed by atoms with Crippen LogP contribution in [0.5, 0.6) is 5.75 Å². The molecule has 0 aliphatic heterocycles. The third-order valence-corrected chi connectivity index (χ3v) is 4.34. The Morgan fingerprint density at radius 3 is 2.31 bits per heavy atom.